The summed E-state index contributed by atoms with van der Waals surface area (Å²) in [5.74, 6) is 0.136. The monoisotopic (exact) mass is 342 g/mol. The fourth-order valence-electron chi connectivity index (χ4n) is 3.25. The normalized spacial score (nSPS) is 24.2. The molecule has 120 valence electrons. The molecule has 2 N–H and O–H groups in total. The maximum atomic E-state index is 12.6. The average Bonchev–Trinajstić information content (AvgIpc) is 3.01. The Morgan fingerprint density at radius 1 is 1.23 bits per heavy atom. The summed E-state index contributed by atoms with van der Waals surface area (Å²) in [5, 5.41) is 7.68. The number of amides is 1. The number of nitrogens with one attached hydrogen (secondary N) is 2. The van der Waals surface area contributed by atoms with Crippen LogP contribution in [0.1, 0.15) is 24.8 Å². The first-order chi connectivity index (χ1) is 10.6. The Hall–Kier alpha value is -0.810. The van der Waals surface area contributed by atoms with E-state index >= 15 is 0 Å². The molecule has 1 aromatic rings. The molecule has 3 rings (SSSR count). The number of halogens is 2. The minimum atomic E-state index is -0.438. The zero-order chi connectivity index (χ0) is 15.6. The fraction of sp³-hybridized carbons (Fsp3) is 0.562. The van der Waals surface area contributed by atoms with Crippen LogP contribution in [0.2, 0.25) is 10.0 Å². The van der Waals surface area contributed by atoms with Crippen LogP contribution in [0.4, 0.5) is 0 Å². The van der Waals surface area contributed by atoms with Crippen molar-refractivity contribution in [2.45, 2.75) is 24.8 Å². The Labute approximate surface area is 140 Å². The Morgan fingerprint density at radius 3 is 2.50 bits per heavy atom. The SMILES string of the molecule is O=C(NC1(c2cc(Cl)cc(Cl)c2)CCOCC1)C1CCNC1. The van der Waals surface area contributed by atoms with E-state index in [0.29, 0.717) is 23.3 Å². The van der Waals surface area contributed by atoms with Gasteiger partial charge in [-0.3, -0.25) is 4.79 Å². The first-order valence-electron chi connectivity index (χ1n) is 7.66. The molecule has 2 saturated heterocycles. The number of benzene rings is 1. The van der Waals surface area contributed by atoms with E-state index in [1.54, 1.807) is 6.07 Å². The number of hydrogen-bond acceptors (Lipinski definition) is 3. The molecule has 22 heavy (non-hydrogen) atoms. The Balaban J connectivity index is 1.88. The van der Waals surface area contributed by atoms with Crippen LogP contribution < -0.4 is 10.6 Å². The van der Waals surface area contributed by atoms with Gasteiger partial charge in [0.05, 0.1) is 11.5 Å². The fourth-order valence-corrected chi connectivity index (χ4v) is 3.78. The van der Waals surface area contributed by atoms with Crippen molar-refractivity contribution < 1.29 is 9.53 Å². The summed E-state index contributed by atoms with van der Waals surface area (Å²) in [6.07, 6.45) is 2.35. The van der Waals surface area contributed by atoms with Gasteiger partial charge in [0.1, 0.15) is 0 Å². The standard InChI is InChI=1S/C16H20Cl2N2O2/c17-13-7-12(8-14(18)9-13)16(2-5-22-6-3-16)20-15(21)11-1-4-19-10-11/h7-9,11,19H,1-6,10H2,(H,20,21). The lowest BCUT2D eigenvalue weighted by Gasteiger charge is -2.39. The minimum absolute atomic E-state index is 0.0365. The molecule has 0 saturated carbocycles. The molecule has 0 aromatic heterocycles. The van der Waals surface area contributed by atoms with Crippen molar-refractivity contribution in [3.8, 4) is 0 Å². The van der Waals surface area contributed by atoms with E-state index in [-0.39, 0.29) is 11.8 Å². The number of ether oxygens (including phenoxy) is 1. The highest BCUT2D eigenvalue weighted by Crippen LogP contribution is 2.35. The largest absolute Gasteiger partial charge is 0.381 e. The highest BCUT2D eigenvalue weighted by atomic mass is 35.5. The van der Waals surface area contributed by atoms with E-state index in [1.807, 2.05) is 12.1 Å². The van der Waals surface area contributed by atoms with Gasteiger partial charge in [-0.25, -0.2) is 0 Å². The molecular formula is C16H20Cl2N2O2. The van der Waals surface area contributed by atoms with Crippen molar-refractivity contribution >= 4 is 29.1 Å². The van der Waals surface area contributed by atoms with Gasteiger partial charge < -0.3 is 15.4 Å². The molecule has 0 radical (unpaired) electrons. The van der Waals surface area contributed by atoms with Gasteiger partial charge in [-0.15, -0.1) is 0 Å². The van der Waals surface area contributed by atoms with E-state index in [2.05, 4.69) is 10.6 Å². The summed E-state index contributed by atoms with van der Waals surface area (Å²) in [5.41, 5.74) is 0.527. The second kappa shape index (κ2) is 6.75. The molecule has 2 aliphatic rings. The third-order valence-electron chi connectivity index (χ3n) is 4.56. The smallest absolute Gasteiger partial charge is 0.225 e. The molecule has 2 aliphatic heterocycles. The molecule has 1 amide bonds. The Kier molecular flexibility index (Phi) is 4.93. The zero-order valence-electron chi connectivity index (χ0n) is 12.3. The lowest BCUT2D eigenvalue weighted by atomic mass is 9.82. The maximum absolute atomic E-state index is 12.6. The molecule has 1 unspecified atom stereocenters. The Bertz CT molecular complexity index is 533. The van der Waals surface area contributed by atoms with Gasteiger partial charge in [0.25, 0.3) is 0 Å². The molecule has 6 heteroatoms. The molecular weight excluding hydrogens is 323 g/mol. The van der Waals surface area contributed by atoms with Gasteiger partial charge in [0, 0.05) is 29.8 Å². The molecule has 0 spiro atoms. The molecule has 0 bridgehead atoms. The lowest BCUT2D eigenvalue weighted by Crippen LogP contribution is -2.51. The van der Waals surface area contributed by atoms with E-state index in [4.69, 9.17) is 27.9 Å². The lowest BCUT2D eigenvalue weighted by molar-refractivity contribution is -0.127. The van der Waals surface area contributed by atoms with Crippen LogP contribution in [-0.2, 0) is 15.1 Å². The van der Waals surface area contributed by atoms with Gasteiger partial charge >= 0.3 is 0 Å². The number of carbonyl (C=O) groups excluding carboxylic acids is 1. The zero-order valence-corrected chi connectivity index (χ0v) is 13.8. The van der Waals surface area contributed by atoms with Gasteiger partial charge in [-0.1, -0.05) is 23.2 Å². The van der Waals surface area contributed by atoms with Crippen LogP contribution in [0.3, 0.4) is 0 Å². The van der Waals surface area contributed by atoms with Crippen LogP contribution in [0.15, 0.2) is 18.2 Å². The minimum Gasteiger partial charge on any atom is -0.381 e. The van der Waals surface area contributed by atoms with Crippen molar-refractivity contribution in [1.82, 2.24) is 10.6 Å². The van der Waals surface area contributed by atoms with Crippen molar-refractivity contribution in [2.75, 3.05) is 26.3 Å². The summed E-state index contributed by atoms with van der Waals surface area (Å²) in [6.45, 7) is 2.88. The molecule has 2 heterocycles. The summed E-state index contributed by atoms with van der Waals surface area (Å²) in [4.78, 5) is 12.6. The number of hydrogen-bond donors (Lipinski definition) is 2. The van der Waals surface area contributed by atoms with Crippen LogP contribution in [0, 0.1) is 5.92 Å². The first kappa shape index (κ1) is 16.1. The highest BCUT2D eigenvalue weighted by Gasteiger charge is 2.38. The summed E-state index contributed by atoms with van der Waals surface area (Å²) in [6, 6.07) is 5.50. The molecule has 2 fully saturated rings. The third kappa shape index (κ3) is 3.40. The van der Waals surface area contributed by atoms with Crippen molar-refractivity contribution in [3.05, 3.63) is 33.8 Å². The Morgan fingerprint density at radius 2 is 1.91 bits per heavy atom. The van der Waals surface area contributed by atoms with E-state index in [9.17, 15) is 4.79 Å². The summed E-state index contributed by atoms with van der Waals surface area (Å²) < 4.78 is 5.48. The molecule has 1 atom stereocenters. The summed E-state index contributed by atoms with van der Waals surface area (Å²) in [7, 11) is 0. The van der Waals surface area contributed by atoms with Gasteiger partial charge in [0.2, 0.25) is 5.91 Å². The van der Waals surface area contributed by atoms with Gasteiger partial charge in [0.15, 0.2) is 0 Å². The van der Waals surface area contributed by atoms with Crippen LogP contribution in [0.25, 0.3) is 0 Å². The van der Waals surface area contributed by atoms with Crippen LogP contribution in [0.5, 0.6) is 0 Å². The van der Waals surface area contributed by atoms with E-state index in [0.717, 1.165) is 37.9 Å². The first-order valence-corrected chi connectivity index (χ1v) is 8.42. The average molecular weight is 343 g/mol. The van der Waals surface area contributed by atoms with Crippen molar-refractivity contribution in [1.29, 1.82) is 0 Å². The predicted molar refractivity (Wildman–Crippen MR) is 87.3 cm³/mol. The van der Waals surface area contributed by atoms with Gasteiger partial charge in [-0.05, 0) is 49.6 Å². The van der Waals surface area contributed by atoms with Crippen molar-refractivity contribution in [3.63, 3.8) is 0 Å². The molecule has 0 aliphatic carbocycles. The third-order valence-corrected chi connectivity index (χ3v) is 4.99. The van der Waals surface area contributed by atoms with E-state index < -0.39 is 5.54 Å². The highest BCUT2D eigenvalue weighted by molar-refractivity contribution is 6.34. The van der Waals surface area contributed by atoms with Crippen LogP contribution in [-0.4, -0.2) is 32.2 Å². The topological polar surface area (TPSA) is 50.4 Å². The quantitative estimate of drug-likeness (QED) is 0.887. The second-order valence-corrected chi connectivity index (χ2v) is 6.90. The molecule has 4 nitrogen and oxygen atoms in total. The number of rotatable bonds is 3. The van der Waals surface area contributed by atoms with Crippen LogP contribution >= 0.6 is 23.2 Å². The maximum Gasteiger partial charge on any atom is 0.225 e. The van der Waals surface area contributed by atoms with Gasteiger partial charge in [-0.2, -0.15) is 0 Å². The predicted octanol–water partition coefficient (Wildman–Crippen LogP) is 2.72. The van der Waals surface area contributed by atoms with E-state index in [1.165, 1.54) is 0 Å². The second-order valence-electron chi connectivity index (χ2n) is 6.03. The summed E-state index contributed by atoms with van der Waals surface area (Å²) >= 11 is 12.3. The van der Waals surface area contributed by atoms with Crippen molar-refractivity contribution in [2.24, 2.45) is 5.92 Å². The number of carbonyl (C=O) groups is 1. The molecule has 1 aromatic carbocycles.